The molecule has 0 saturated carbocycles. The topological polar surface area (TPSA) is 18.5 Å². The molecule has 0 aromatic rings. The molecule has 1 fully saturated rings. The van der Waals surface area contributed by atoms with Crippen LogP contribution in [0.25, 0.3) is 0 Å². The molecule has 1 heterocycles. The van der Waals surface area contributed by atoms with E-state index in [1.54, 1.807) is 0 Å². The van der Waals surface area contributed by atoms with Crippen molar-refractivity contribution in [1.29, 1.82) is 0 Å². The second kappa shape index (κ2) is 5.69. The van der Waals surface area contributed by atoms with Crippen LogP contribution < -0.4 is 5.32 Å². The largest absolute Gasteiger partial charge is 0.316 e. The number of nitrogens with zero attached hydrogens (tertiary/aromatic N) is 2. The van der Waals surface area contributed by atoms with E-state index in [0.29, 0.717) is 6.04 Å². The van der Waals surface area contributed by atoms with Crippen LogP contribution in [0.4, 0.5) is 0 Å². The highest BCUT2D eigenvalue weighted by Crippen LogP contribution is 2.09. The first-order valence-electron chi connectivity index (χ1n) is 5.73. The lowest BCUT2D eigenvalue weighted by Crippen LogP contribution is -2.51. The summed E-state index contributed by atoms with van der Waals surface area (Å²) in [7, 11) is 4.30. The van der Waals surface area contributed by atoms with Crippen molar-refractivity contribution in [3.63, 3.8) is 0 Å². The van der Waals surface area contributed by atoms with Gasteiger partial charge < -0.3 is 10.2 Å². The molecular formula is C11H25N3. The predicted octanol–water partition coefficient (Wildman–Crippen LogP) is 0.478. The van der Waals surface area contributed by atoms with E-state index in [-0.39, 0.29) is 0 Å². The summed E-state index contributed by atoms with van der Waals surface area (Å²) in [5.74, 6) is 0.888. The highest BCUT2D eigenvalue weighted by molar-refractivity contribution is 4.80. The van der Waals surface area contributed by atoms with Crippen molar-refractivity contribution >= 4 is 0 Å². The second-order valence-electron chi connectivity index (χ2n) is 4.72. The van der Waals surface area contributed by atoms with Crippen molar-refractivity contribution < 1.29 is 0 Å². The summed E-state index contributed by atoms with van der Waals surface area (Å²) in [6, 6.07) is 0.676. The van der Waals surface area contributed by atoms with Crippen LogP contribution in [0.15, 0.2) is 0 Å². The zero-order valence-electron chi connectivity index (χ0n) is 10.1. The molecular weight excluding hydrogens is 174 g/mol. The van der Waals surface area contributed by atoms with Gasteiger partial charge in [0, 0.05) is 32.2 Å². The molecule has 0 aromatic heterocycles. The minimum absolute atomic E-state index is 0.676. The van der Waals surface area contributed by atoms with E-state index >= 15 is 0 Å². The van der Waals surface area contributed by atoms with E-state index in [1.807, 2.05) is 0 Å². The molecule has 3 nitrogen and oxygen atoms in total. The molecule has 14 heavy (non-hydrogen) atoms. The standard InChI is InChI=1S/C11H25N3/c1-5-14(9-11-6-12-7-11)10(2)8-13(3)4/h10-12H,5-9H2,1-4H3. The van der Waals surface area contributed by atoms with E-state index < -0.39 is 0 Å². The Morgan fingerprint density at radius 3 is 2.36 bits per heavy atom. The fourth-order valence-electron chi connectivity index (χ4n) is 2.07. The molecule has 0 radical (unpaired) electrons. The zero-order valence-corrected chi connectivity index (χ0v) is 10.1. The molecule has 1 aliphatic rings. The minimum Gasteiger partial charge on any atom is -0.316 e. The molecule has 1 unspecified atom stereocenters. The van der Waals surface area contributed by atoms with Gasteiger partial charge in [-0.25, -0.2) is 0 Å². The Labute approximate surface area is 88.5 Å². The third-order valence-corrected chi connectivity index (χ3v) is 3.02. The Morgan fingerprint density at radius 2 is 2.00 bits per heavy atom. The van der Waals surface area contributed by atoms with Gasteiger partial charge in [-0.2, -0.15) is 0 Å². The third-order valence-electron chi connectivity index (χ3n) is 3.02. The highest BCUT2D eigenvalue weighted by atomic mass is 15.2. The quantitative estimate of drug-likeness (QED) is 0.671. The van der Waals surface area contributed by atoms with Gasteiger partial charge >= 0.3 is 0 Å². The Hall–Kier alpha value is -0.120. The van der Waals surface area contributed by atoms with Crippen LogP contribution >= 0.6 is 0 Å². The van der Waals surface area contributed by atoms with Crippen LogP contribution in [0.3, 0.4) is 0 Å². The molecule has 0 amide bonds. The fourth-order valence-corrected chi connectivity index (χ4v) is 2.07. The molecule has 1 saturated heterocycles. The van der Waals surface area contributed by atoms with E-state index in [9.17, 15) is 0 Å². The summed E-state index contributed by atoms with van der Waals surface area (Å²) in [6.07, 6.45) is 0. The van der Waals surface area contributed by atoms with Crippen LogP contribution in [0.2, 0.25) is 0 Å². The summed E-state index contributed by atoms with van der Waals surface area (Å²) in [5, 5.41) is 3.33. The summed E-state index contributed by atoms with van der Waals surface area (Å²) in [6.45, 7) is 10.6. The maximum atomic E-state index is 3.33. The lowest BCUT2D eigenvalue weighted by atomic mass is 10.0. The lowest BCUT2D eigenvalue weighted by molar-refractivity contribution is 0.137. The van der Waals surface area contributed by atoms with Crippen LogP contribution in [-0.4, -0.2) is 62.7 Å². The Bertz CT molecular complexity index is 155. The monoisotopic (exact) mass is 199 g/mol. The van der Waals surface area contributed by atoms with Gasteiger partial charge in [0.1, 0.15) is 0 Å². The Kier molecular flexibility index (Phi) is 4.85. The number of nitrogens with one attached hydrogen (secondary N) is 1. The second-order valence-corrected chi connectivity index (χ2v) is 4.72. The molecule has 1 N–H and O–H groups in total. The van der Waals surface area contributed by atoms with Crippen molar-refractivity contribution in [3.8, 4) is 0 Å². The first-order chi connectivity index (χ1) is 6.63. The van der Waals surface area contributed by atoms with E-state index in [2.05, 4.69) is 43.1 Å². The van der Waals surface area contributed by atoms with Crippen molar-refractivity contribution in [2.24, 2.45) is 5.92 Å². The lowest BCUT2D eigenvalue weighted by Gasteiger charge is -2.36. The maximum Gasteiger partial charge on any atom is 0.0194 e. The van der Waals surface area contributed by atoms with Gasteiger partial charge in [-0.15, -0.1) is 0 Å². The summed E-state index contributed by atoms with van der Waals surface area (Å²) >= 11 is 0. The SMILES string of the molecule is CCN(CC1CNC1)C(C)CN(C)C. The summed E-state index contributed by atoms with van der Waals surface area (Å²) in [4.78, 5) is 4.86. The number of rotatable bonds is 6. The molecule has 0 spiro atoms. The van der Waals surface area contributed by atoms with Crippen LogP contribution in [0.1, 0.15) is 13.8 Å². The van der Waals surface area contributed by atoms with Gasteiger partial charge in [0.25, 0.3) is 0 Å². The first kappa shape index (κ1) is 12.0. The van der Waals surface area contributed by atoms with Gasteiger partial charge in [0.05, 0.1) is 0 Å². The van der Waals surface area contributed by atoms with Gasteiger partial charge in [0.15, 0.2) is 0 Å². The van der Waals surface area contributed by atoms with Gasteiger partial charge in [-0.1, -0.05) is 6.92 Å². The van der Waals surface area contributed by atoms with Crippen molar-refractivity contribution in [2.45, 2.75) is 19.9 Å². The minimum atomic E-state index is 0.676. The average molecular weight is 199 g/mol. The van der Waals surface area contributed by atoms with Crippen LogP contribution in [0, 0.1) is 5.92 Å². The normalized spacial score (nSPS) is 20.1. The van der Waals surface area contributed by atoms with E-state index in [1.165, 1.54) is 26.2 Å². The fraction of sp³-hybridized carbons (Fsp3) is 1.00. The highest BCUT2D eigenvalue weighted by Gasteiger charge is 2.22. The molecule has 1 rings (SSSR count). The average Bonchev–Trinajstić information content (AvgIpc) is 2.01. The molecule has 1 atom stereocenters. The van der Waals surface area contributed by atoms with Crippen molar-refractivity contribution in [1.82, 2.24) is 15.1 Å². The Morgan fingerprint density at radius 1 is 1.36 bits per heavy atom. The third kappa shape index (κ3) is 3.56. The number of hydrogen-bond donors (Lipinski definition) is 1. The van der Waals surface area contributed by atoms with Gasteiger partial charge in [0.2, 0.25) is 0 Å². The number of likely N-dealkylation sites (N-methyl/N-ethyl adjacent to an activating group) is 2. The molecule has 0 bridgehead atoms. The smallest absolute Gasteiger partial charge is 0.0194 e. The summed E-state index contributed by atoms with van der Waals surface area (Å²) in [5.41, 5.74) is 0. The van der Waals surface area contributed by atoms with Gasteiger partial charge in [-0.3, -0.25) is 4.90 Å². The number of hydrogen-bond acceptors (Lipinski definition) is 3. The maximum absolute atomic E-state index is 3.33. The zero-order chi connectivity index (χ0) is 10.6. The van der Waals surface area contributed by atoms with Crippen molar-refractivity contribution in [3.05, 3.63) is 0 Å². The molecule has 1 aliphatic heterocycles. The van der Waals surface area contributed by atoms with Crippen molar-refractivity contribution in [2.75, 3.05) is 46.8 Å². The predicted molar refractivity (Wildman–Crippen MR) is 61.6 cm³/mol. The van der Waals surface area contributed by atoms with Gasteiger partial charge in [-0.05, 0) is 33.5 Å². The van der Waals surface area contributed by atoms with Crippen LogP contribution in [-0.2, 0) is 0 Å². The molecule has 0 aliphatic carbocycles. The first-order valence-corrected chi connectivity index (χ1v) is 5.73. The Balaban J connectivity index is 2.27. The molecule has 0 aromatic carbocycles. The molecule has 3 heteroatoms. The summed E-state index contributed by atoms with van der Waals surface area (Å²) < 4.78 is 0. The van der Waals surface area contributed by atoms with E-state index in [4.69, 9.17) is 0 Å². The van der Waals surface area contributed by atoms with Crippen LogP contribution in [0.5, 0.6) is 0 Å². The molecule has 84 valence electrons. The van der Waals surface area contributed by atoms with E-state index in [0.717, 1.165) is 12.5 Å².